The smallest absolute Gasteiger partial charge is 0.305 e. The van der Waals surface area contributed by atoms with Crippen LogP contribution in [0.3, 0.4) is 0 Å². The van der Waals surface area contributed by atoms with Crippen molar-refractivity contribution in [3.63, 3.8) is 0 Å². The Hall–Kier alpha value is -3.88. The van der Waals surface area contributed by atoms with Gasteiger partial charge in [0.25, 0.3) is 0 Å². The maximum atomic E-state index is 11.5. The molecule has 0 aliphatic carbocycles. The van der Waals surface area contributed by atoms with Crippen LogP contribution < -0.4 is 10.2 Å². The second kappa shape index (κ2) is 15.6. The van der Waals surface area contributed by atoms with Crippen LogP contribution >= 0.6 is 11.3 Å². The molecule has 2 heterocycles. The molecule has 4 aromatic rings. The number of thiophene rings is 1. The zero-order chi connectivity index (χ0) is 28.0. The maximum Gasteiger partial charge on any atom is 0.305 e. The monoisotopic (exact) mass is 560 g/mol. The number of ether oxygens (including phenoxy) is 2. The molecule has 0 atom stereocenters. The van der Waals surface area contributed by atoms with Crippen LogP contribution in [-0.2, 0) is 27.6 Å². The van der Waals surface area contributed by atoms with Crippen molar-refractivity contribution in [2.24, 2.45) is 0 Å². The number of rotatable bonds is 16. The normalized spacial score (nSPS) is 11.4. The number of allylic oxidation sites excluding steroid dienone is 1. The fourth-order valence-electron chi connectivity index (χ4n) is 4.00. The van der Waals surface area contributed by atoms with Crippen LogP contribution in [0.1, 0.15) is 61.6 Å². The zero-order valence-electron chi connectivity index (χ0n) is 23.1. The molecule has 0 spiro atoms. The molecule has 0 radical (unpaired) electrons. The molecule has 40 heavy (non-hydrogen) atoms. The van der Waals surface area contributed by atoms with Gasteiger partial charge in [-0.2, -0.15) is 0 Å². The van der Waals surface area contributed by atoms with Gasteiger partial charge in [0.05, 0.1) is 23.8 Å². The Bertz CT molecular complexity index is 1330. The number of hydrogen-bond donors (Lipinski definition) is 1. The standard InChI is InChI=1S/C32H36N2O5S/c1-3-36-31(35)16-10-5-4-9-14-28(26-12-7-6-8-13-26)34-38-22-25-17-19-27(20-18-25)37-23-29-24(2)39-32(33-29)30-15-11-21-40-30/h6-8,11-15,17-21,34H,3-5,9-10,16,22-23H2,1-2H3. The third-order valence-electron chi connectivity index (χ3n) is 6.17. The lowest BCUT2D eigenvalue weighted by atomic mass is 10.1. The van der Waals surface area contributed by atoms with Gasteiger partial charge >= 0.3 is 5.97 Å². The first-order valence-corrected chi connectivity index (χ1v) is 14.5. The van der Waals surface area contributed by atoms with Gasteiger partial charge in [-0.05, 0) is 67.8 Å². The zero-order valence-corrected chi connectivity index (χ0v) is 23.9. The van der Waals surface area contributed by atoms with Crippen molar-refractivity contribution in [2.75, 3.05) is 6.61 Å². The lowest BCUT2D eigenvalue weighted by Gasteiger charge is -2.12. The Labute approximate surface area is 239 Å². The van der Waals surface area contributed by atoms with Crippen molar-refractivity contribution in [2.45, 2.75) is 59.2 Å². The number of esters is 1. The summed E-state index contributed by atoms with van der Waals surface area (Å²) in [7, 11) is 0. The van der Waals surface area contributed by atoms with E-state index < -0.39 is 0 Å². The highest BCUT2D eigenvalue weighted by Crippen LogP contribution is 2.26. The Morgan fingerprint density at radius 2 is 1.82 bits per heavy atom. The van der Waals surface area contributed by atoms with Gasteiger partial charge < -0.3 is 13.9 Å². The van der Waals surface area contributed by atoms with Gasteiger partial charge in [-0.25, -0.2) is 4.98 Å². The van der Waals surface area contributed by atoms with Crippen LogP contribution in [0.2, 0.25) is 0 Å². The molecule has 0 bridgehead atoms. The molecule has 0 aliphatic rings. The largest absolute Gasteiger partial charge is 0.487 e. The second-order valence-corrected chi connectivity index (χ2v) is 10.2. The van der Waals surface area contributed by atoms with Gasteiger partial charge in [0.2, 0.25) is 5.89 Å². The third-order valence-corrected chi connectivity index (χ3v) is 7.03. The lowest BCUT2D eigenvalue weighted by molar-refractivity contribution is -0.143. The van der Waals surface area contributed by atoms with Crippen molar-refractivity contribution in [1.29, 1.82) is 0 Å². The predicted molar refractivity (Wildman–Crippen MR) is 157 cm³/mol. The van der Waals surface area contributed by atoms with Crippen molar-refractivity contribution < 1.29 is 23.5 Å². The number of hydroxylamine groups is 1. The second-order valence-electron chi connectivity index (χ2n) is 9.21. The molecule has 0 aliphatic heterocycles. The van der Waals surface area contributed by atoms with Gasteiger partial charge in [-0.1, -0.05) is 61.0 Å². The van der Waals surface area contributed by atoms with Crippen LogP contribution in [0.4, 0.5) is 0 Å². The average Bonchev–Trinajstić information content (AvgIpc) is 3.64. The number of carbonyl (C=O) groups excluding carboxylic acids is 1. The van der Waals surface area contributed by atoms with E-state index in [0.717, 1.165) is 64.6 Å². The molecule has 210 valence electrons. The van der Waals surface area contributed by atoms with Crippen molar-refractivity contribution in [3.8, 4) is 16.5 Å². The van der Waals surface area contributed by atoms with Crippen LogP contribution in [0.5, 0.6) is 5.75 Å². The third kappa shape index (κ3) is 9.10. The summed E-state index contributed by atoms with van der Waals surface area (Å²) in [5.74, 6) is 2.03. The Balaban J connectivity index is 1.23. The minimum absolute atomic E-state index is 0.119. The van der Waals surface area contributed by atoms with E-state index in [9.17, 15) is 4.79 Å². The average molecular weight is 561 g/mol. The molecule has 0 fully saturated rings. The first kappa shape index (κ1) is 29.1. The summed E-state index contributed by atoms with van der Waals surface area (Å²) in [6.45, 7) is 4.91. The molecule has 0 unspecified atom stereocenters. The van der Waals surface area contributed by atoms with Gasteiger partial charge in [0.15, 0.2) is 0 Å². The molecule has 7 nitrogen and oxygen atoms in total. The number of aromatic nitrogens is 1. The van der Waals surface area contributed by atoms with Crippen LogP contribution in [-0.4, -0.2) is 17.6 Å². The first-order valence-electron chi connectivity index (χ1n) is 13.6. The van der Waals surface area contributed by atoms with E-state index in [1.54, 1.807) is 11.3 Å². The number of aryl methyl sites for hydroxylation is 1. The van der Waals surface area contributed by atoms with Gasteiger partial charge in [0.1, 0.15) is 23.8 Å². The number of oxazole rings is 1. The number of hydrogen-bond acceptors (Lipinski definition) is 8. The minimum Gasteiger partial charge on any atom is -0.487 e. The molecule has 0 saturated carbocycles. The van der Waals surface area contributed by atoms with E-state index in [1.807, 2.05) is 73.8 Å². The molecule has 1 N–H and O–H groups in total. The first-order chi connectivity index (χ1) is 19.6. The van der Waals surface area contributed by atoms with Crippen molar-refractivity contribution >= 4 is 23.0 Å². The highest BCUT2D eigenvalue weighted by Gasteiger charge is 2.13. The lowest BCUT2D eigenvalue weighted by Crippen LogP contribution is -2.13. The summed E-state index contributed by atoms with van der Waals surface area (Å²) in [4.78, 5) is 22.9. The van der Waals surface area contributed by atoms with Gasteiger partial charge in [-0.3, -0.25) is 15.1 Å². The molecule has 4 rings (SSSR count). The molecule has 0 amide bonds. The molecule has 0 saturated heterocycles. The molecule has 8 heteroatoms. The van der Waals surface area contributed by atoms with Crippen LogP contribution in [0.15, 0.2) is 82.6 Å². The quantitative estimate of drug-likeness (QED) is 0.0848. The Morgan fingerprint density at radius 1 is 1.00 bits per heavy atom. The SMILES string of the molecule is CCOC(=O)CCCCCC=C(NOCc1ccc(OCc2nc(-c3cccs3)oc2C)cc1)c1ccccc1. The van der Waals surface area contributed by atoms with E-state index in [4.69, 9.17) is 18.7 Å². The molecule has 2 aromatic heterocycles. The van der Waals surface area contributed by atoms with Gasteiger partial charge in [0, 0.05) is 6.42 Å². The summed E-state index contributed by atoms with van der Waals surface area (Å²) in [6, 6.07) is 21.9. The number of nitrogens with zero attached hydrogens (tertiary/aromatic N) is 1. The topological polar surface area (TPSA) is 82.8 Å². The number of unbranched alkanes of at least 4 members (excludes halogenated alkanes) is 3. The summed E-state index contributed by atoms with van der Waals surface area (Å²) in [5.41, 5.74) is 6.92. The summed E-state index contributed by atoms with van der Waals surface area (Å²) >= 11 is 1.60. The summed E-state index contributed by atoms with van der Waals surface area (Å²) < 4.78 is 16.7. The number of carbonyl (C=O) groups is 1. The summed E-state index contributed by atoms with van der Waals surface area (Å²) in [6.07, 6.45) is 6.30. The predicted octanol–water partition coefficient (Wildman–Crippen LogP) is 7.87. The van der Waals surface area contributed by atoms with Crippen LogP contribution in [0.25, 0.3) is 16.5 Å². The molecular weight excluding hydrogens is 524 g/mol. The fraction of sp³-hybridized carbons (Fsp3) is 0.312. The van der Waals surface area contributed by atoms with E-state index in [0.29, 0.717) is 32.1 Å². The van der Waals surface area contributed by atoms with Crippen molar-refractivity contribution in [1.82, 2.24) is 10.5 Å². The number of nitrogens with one attached hydrogen (secondary N) is 1. The minimum atomic E-state index is -0.119. The van der Waals surface area contributed by atoms with Crippen molar-refractivity contribution in [3.05, 3.63) is 101 Å². The summed E-state index contributed by atoms with van der Waals surface area (Å²) in [5, 5.41) is 2.00. The molecular formula is C32H36N2O5S. The molecule has 2 aromatic carbocycles. The van der Waals surface area contributed by atoms with Gasteiger partial charge in [-0.15, -0.1) is 11.3 Å². The Kier molecular flexibility index (Phi) is 11.4. The fourth-order valence-corrected chi connectivity index (χ4v) is 4.65. The highest BCUT2D eigenvalue weighted by atomic mass is 32.1. The number of benzene rings is 2. The van der Waals surface area contributed by atoms with E-state index in [1.165, 1.54) is 0 Å². The highest BCUT2D eigenvalue weighted by molar-refractivity contribution is 7.13. The maximum absolute atomic E-state index is 11.5. The van der Waals surface area contributed by atoms with E-state index in [-0.39, 0.29) is 5.97 Å². The Morgan fingerprint density at radius 3 is 2.58 bits per heavy atom. The van der Waals surface area contributed by atoms with E-state index >= 15 is 0 Å². The van der Waals surface area contributed by atoms with E-state index in [2.05, 4.69) is 28.7 Å². The van der Waals surface area contributed by atoms with Crippen LogP contribution in [0, 0.1) is 6.92 Å².